The van der Waals surface area contributed by atoms with Crippen molar-refractivity contribution in [2.24, 2.45) is 11.3 Å². The van der Waals surface area contributed by atoms with E-state index in [0.717, 1.165) is 41.8 Å². The van der Waals surface area contributed by atoms with Crippen molar-refractivity contribution in [3.63, 3.8) is 0 Å². The van der Waals surface area contributed by atoms with Crippen molar-refractivity contribution in [1.82, 2.24) is 15.2 Å². The maximum Gasteiger partial charge on any atom is 0.255 e. The molecule has 5 nitrogen and oxygen atoms in total. The van der Waals surface area contributed by atoms with Gasteiger partial charge in [-0.1, -0.05) is 19.9 Å². The fourth-order valence-electron chi connectivity index (χ4n) is 3.96. The highest BCUT2D eigenvalue weighted by atomic mass is 32.2. The molecule has 0 bridgehead atoms. The van der Waals surface area contributed by atoms with Gasteiger partial charge in [-0.15, -0.1) is 0 Å². The van der Waals surface area contributed by atoms with Crippen LogP contribution >= 0.6 is 11.8 Å². The fourth-order valence-corrected chi connectivity index (χ4v) is 5.06. The van der Waals surface area contributed by atoms with E-state index >= 15 is 0 Å². The van der Waals surface area contributed by atoms with E-state index in [2.05, 4.69) is 10.3 Å². The maximum absolute atomic E-state index is 13.0. The topological polar surface area (TPSA) is 62.3 Å². The van der Waals surface area contributed by atoms with Crippen LogP contribution in [0.2, 0.25) is 0 Å². The number of rotatable bonds is 7. The van der Waals surface area contributed by atoms with Crippen LogP contribution in [0.3, 0.4) is 0 Å². The molecule has 4 rings (SSSR count). The van der Waals surface area contributed by atoms with Crippen LogP contribution in [0.1, 0.15) is 49.9 Å². The molecule has 2 heterocycles. The summed E-state index contributed by atoms with van der Waals surface area (Å²) in [7, 11) is 0. The Bertz CT molecular complexity index is 827. The van der Waals surface area contributed by atoms with Gasteiger partial charge in [0.15, 0.2) is 0 Å². The third-order valence-electron chi connectivity index (χ3n) is 5.82. The summed E-state index contributed by atoms with van der Waals surface area (Å²) in [4.78, 5) is 31.4. The summed E-state index contributed by atoms with van der Waals surface area (Å²) in [5, 5.41) is 3.83. The number of thioether (sulfide) groups is 1. The lowest BCUT2D eigenvalue weighted by Gasteiger charge is -2.26. The van der Waals surface area contributed by atoms with Gasteiger partial charge in [0.2, 0.25) is 5.91 Å². The zero-order valence-corrected chi connectivity index (χ0v) is 17.3. The number of likely N-dealkylation sites (tertiary alicyclic amines) is 1. The standard InChI is InChI=1S/C22H27N3O2S/c1-22(2)18-7-4-16(24-20(26)15-8-10-23-11-9-15)14-19(18)25(21(22)27)12-3-13-28-17-5-6-17/h4,8-11,14,17-18H,3,5-7,12-13H2,1-2H3,(H,24,26). The quantitative estimate of drug-likeness (QED) is 0.712. The number of nitrogens with zero attached hydrogens (tertiary/aromatic N) is 2. The molecule has 148 valence electrons. The molecule has 1 aromatic rings. The van der Waals surface area contributed by atoms with E-state index in [1.54, 1.807) is 24.5 Å². The third kappa shape index (κ3) is 3.88. The SMILES string of the molecule is CC1(C)C(=O)N(CCCSC2CC2)C2=CC(NC(=O)c3ccncc3)=CCC21. The van der Waals surface area contributed by atoms with Gasteiger partial charge in [-0.2, -0.15) is 11.8 Å². The number of carbonyl (C=O) groups excluding carboxylic acids is 2. The molecule has 1 aliphatic heterocycles. The molecule has 0 aromatic carbocycles. The highest BCUT2D eigenvalue weighted by Crippen LogP contribution is 2.47. The van der Waals surface area contributed by atoms with Crippen LogP contribution in [0.25, 0.3) is 0 Å². The minimum absolute atomic E-state index is 0.153. The van der Waals surface area contributed by atoms with Crippen LogP contribution in [0.5, 0.6) is 0 Å². The number of pyridine rings is 1. The Morgan fingerprint density at radius 3 is 2.79 bits per heavy atom. The molecule has 2 aliphatic carbocycles. The zero-order valence-electron chi connectivity index (χ0n) is 16.5. The highest BCUT2D eigenvalue weighted by molar-refractivity contribution is 8.00. The molecule has 0 radical (unpaired) electrons. The van der Waals surface area contributed by atoms with Gasteiger partial charge in [0, 0.05) is 47.1 Å². The smallest absolute Gasteiger partial charge is 0.255 e. The first-order chi connectivity index (χ1) is 13.5. The first-order valence-corrected chi connectivity index (χ1v) is 11.1. The second kappa shape index (κ2) is 7.74. The van der Waals surface area contributed by atoms with E-state index in [1.807, 2.05) is 42.7 Å². The summed E-state index contributed by atoms with van der Waals surface area (Å²) in [6.07, 6.45) is 11.7. The normalized spacial score (nSPS) is 23.1. The molecule has 1 saturated carbocycles. The van der Waals surface area contributed by atoms with Crippen LogP contribution < -0.4 is 5.32 Å². The van der Waals surface area contributed by atoms with E-state index in [0.29, 0.717) is 5.56 Å². The third-order valence-corrected chi connectivity index (χ3v) is 7.28. The second-order valence-corrected chi connectivity index (χ2v) is 9.72. The van der Waals surface area contributed by atoms with Crippen LogP contribution in [0.15, 0.2) is 48.1 Å². The van der Waals surface area contributed by atoms with Gasteiger partial charge in [-0.25, -0.2) is 0 Å². The lowest BCUT2D eigenvalue weighted by molar-refractivity contribution is -0.134. The van der Waals surface area contributed by atoms with E-state index in [1.165, 1.54) is 12.8 Å². The molecule has 0 spiro atoms. The summed E-state index contributed by atoms with van der Waals surface area (Å²) >= 11 is 2.03. The molecule has 3 aliphatic rings. The lowest BCUT2D eigenvalue weighted by Crippen LogP contribution is -2.32. The molecule has 6 heteroatoms. The van der Waals surface area contributed by atoms with Crippen molar-refractivity contribution in [2.75, 3.05) is 12.3 Å². The molecule has 1 aromatic heterocycles. The van der Waals surface area contributed by atoms with Gasteiger partial charge in [0.25, 0.3) is 5.91 Å². The van der Waals surface area contributed by atoms with Gasteiger partial charge >= 0.3 is 0 Å². The minimum atomic E-state index is -0.396. The number of allylic oxidation sites excluding steroid dienone is 3. The Hall–Kier alpha value is -2.08. The van der Waals surface area contributed by atoms with Gasteiger partial charge in [0.05, 0.1) is 5.41 Å². The van der Waals surface area contributed by atoms with Gasteiger partial charge in [0.1, 0.15) is 0 Å². The van der Waals surface area contributed by atoms with Crippen molar-refractivity contribution in [3.8, 4) is 0 Å². The first kappa shape index (κ1) is 19.2. The predicted octanol–water partition coefficient (Wildman–Crippen LogP) is 3.75. The second-order valence-electron chi connectivity index (χ2n) is 8.31. The molecule has 2 fully saturated rings. The van der Waals surface area contributed by atoms with Crippen molar-refractivity contribution in [2.45, 2.75) is 44.8 Å². The lowest BCUT2D eigenvalue weighted by atomic mass is 9.76. The first-order valence-electron chi connectivity index (χ1n) is 10.0. The van der Waals surface area contributed by atoms with Crippen molar-refractivity contribution < 1.29 is 9.59 Å². The summed E-state index contributed by atoms with van der Waals surface area (Å²) in [5.41, 5.74) is 2.01. The molecule has 1 saturated heterocycles. The van der Waals surface area contributed by atoms with Gasteiger partial charge in [-0.3, -0.25) is 14.6 Å². The maximum atomic E-state index is 13.0. The number of amides is 2. The summed E-state index contributed by atoms with van der Waals surface area (Å²) < 4.78 is 0. The molecule has 28 heavy (non-hydrogen) atoms. The van der Waals surface area contributed by atoms with Crippen LogP contribution in [0.4, 0.5) is 0 Å². The zero-order chi connectivity index (χ0) is 19.7. The fraction of sp³-hybridized carbons (Fsp3) is 0.500. The average Bonchev–Trinajstić information content (AvgIpc) is 3.49. The van der Waals surface area contributed by atoms with Gasteiger partial charge < -0.3 is 10.2 Å². The van der Waals surface area contributed by atoms with Crippen LogP contribution in [-0.2, 0) is 4.79 Å². The van der Waals surface area contributed by atoms with Crippen molar-refractivity contribution >= 4 is 23.6 Å². The molecule has 1 atom stereocenters. The number of hydrogen-bond acceptors (Lipinski definition) is 4. The Kier molecular flexibility index (Phi) is 5.32. The molecule has 1 unspecified atom stereocenters. The van der Waals surface area contributed by atoms with Crippen molar-refractivity contribution in [1.29, 1.82) is 0 Å². The molecule has 1 N–H and O–H groups in total. The highest BCUT2D eigenvalue weighted by Gasteiger charge is 2.50. The predicted molar refractivity (Wildman–Crippen MR) is 112 cm³/mol. The average molecular weight is 398 g/mol. The number of aromatic nitrogens is 1. The Labute approximate surface area is 170 Å². The summed E-state index contributed by atoms with van der Waals surface area (Å²) in [6.45, 7) is 4.85. The minimum Gasteiger partial charge on any atom is -0.322 e. The number of fused-ring (bicyclic) bond motifs is 1. The largest absolute Gasteiger partial charge is 0.322 e. The number of carbonyl (C=O) groups is 2. The van der Waals surface area contributed by atoms with Gasteiger partial charge in [-0.05, 0) is 49.6 Å². The monoisotopic (exact) mass is 397 g/mol. The van der Waals surface area contributed by atoms with Crippen LogP contribution in [0, 0.1) is 11.3 Å². The van der Waals surface area contributed by atoms with Crippen LogP contribution in [-0.4, -0.2) is 39.2 Å². The number of hydrogen-bond donors (Lipinski definition) is 1. The summed E-state index contributed by atoms with van der Waals surface area (Å²) in [6, 6.07) is 3.39. The van der Waals surface area contributed by atoms with E-state index in [4.69, 9.17) is 0 Å². The molecular weight excluding hydrogens is 370 g/mol. The number of nitrogens with one attached hydrogen (secondary N) is 1. The Balaban J connectivity index is 1.46. The Morgan fingerprint density at radius 2 is 2.07 bits per heavy atom. The van der Waals surface area contributed by atoms with Crippen molar-refractivity contribution in [3.05, 3.63) is 53.6 Å². The molecule has 2 amide bonds. The molecular formula is C22H27N3O2S. The van der Waals surface area contributed by atoms with E-state index in [9.17, 15) is 9.59 Å². The Morgan fingerprint density at radius 1 is 1.32 bits per heavy atom. The van der Waals surface area contributed by atoms with E-state index < -0.39 is 5.41 Å². The van der Waals surface area contributed by atoms with E-state index in [-0.39, 0.29) is 17.7 Å². The summed E-state index contributed by atoms with van der Waals surface area (Å²) in [5.74, 6) is 1.33.